The fourth-order valence-corrected chi connectivity index (χ4v) is 6.87. The first-order chi connectivity index (χ1) is 19.2. The molecule has 2 aromatic carbocycles. The summed E-state index contributed by atoms with van der Waals surface area (Å²) in [5.41, 5.74) is 7.25. The molecule has 2 aliphatic carbocycles. The first-order valence-corrected chi connectivity index (χ1v) is 15.4. The van der Waals surface area contributed by atoms with Gasteiger partial charge in [0.1, 0.15) is 11.7 Å². The first kappa shape index (κ1) is 26.7. The molecule has 1 N–H and O–H groups in total. The molecule has 6 nitrogen and oxygen atoms in total. The Kier molecular flexibility index (Phi) is 8.43. The van der Waals surface area contributed by atoms with Crippen LogP contribution in [-0.2, 0) is 13.0 Å². The van der Waals surface area contributed by atoms with Gasteiger partial charge in [-0.2, -0.15) is 0 Å². The number of amidine groups is 2. The van der Waals surface area contributed by atoms with Gasteiger partial charge in [0, 0.05) is 45.2 Å². The zero-order valence-electron chi connectivity index (χ0n) is 24.0. The van der Waals surface area contributed by atoms with E-state index in [1.165, 1.54) is 59.3 Å². The average Bonchev–Trinajstić information content (AvgIpc) is 3.34. The lowest BCUT2D eigenvalue weighted by Gasteiger charge is -2.38. The van der Waals surface area contributed by atoms with Crippen molar-refractivity contribution in [2.45, 2.75) is 58.0 Å². The molecule has 2 aliphatic heterocycles. The summed E-state index contributed by atoms with van der Waals surface area (Å²) >= 11 is 0. The van der Waals surface area contributed by atoms with Crippen molar-refractivity contribution in [3.8, 4) is 11.1 Å². The normalized spacial score (nSPS) is 24.3. The number of nitrogens with zero attached hydrogens (tertiary/aromatic N) is 5. The van der Waals surface area contributed by atoms with E-state index in [0.717, 1.165) is 77.6 Å². The molecule has 6 rings (SSSR count). The highest BCUT2D eigenvalue weighted by atomic mass is 15.3. The predicted octanol–water partition coefficient (Wildman–Crippen LogP) is 4.68. The molecule has 2 atom stereocenters. The number of benzene rings is 2. The van der Waals surface area contributed by atoms with Crippen molar-refractivity contribution in [3.63, 3.8) is 0 Å². The fraction of sp³-hybridized carbons (Fsp3) is 0.576. The van der Waals surface area contributed by atoms with Crippen LogP contribution in [0.4, 0.5) is 0 Å². The highest BCUT2D eigenvalue weighted by molar-refractivity contribution is 6.04. The summed E-state index contributed by atoms with van der Waals surface area (Å²) in [6, 6.07) is 16.4. The summed E-state index contributed by atoms with van der Waals surface area (Å²) < 4.78 is 0. The van der Waals surface area contributed by atoms with E-state index in [1.54, 1.807) is 0 Å². The molecule has 0 bridgehead atoms. The smallest absolute Gasteiger partial charge is 0.116 e. The average molecular weight is 527 g/mol. The maximum Gasteiger partial charge on any atom is 0.116 e. The quantitative estimate of drug-likeness (QED) is 0.412. The molecule has 208 valence electrons. The topological polar surface area (TPSA) is 46.5 Å². The van der Waals surface area contributed by atoms with Crippen LogP contribution in [0, 0.1) is 5.92 Å². The maximum absolute atomic E-state index is 5.22. The molecular formula is C33H46N6. The number of piperazine rings is 1. The van der Waals surface area contributed by atoms with Crippen LogP contribution in [0.25, 0.3) is 11.1 Å². The SMILES string of the molecule is CCN(C)CCCN=C1NC(CN2CCN(Cc3ccc4c(c3)Cc3ccccc3-4)CC2)=NC2CCCCC12. The lowest BCUT2D eigenvalue weighted by atomic mass is 9.83. The Morgan fingerprint density at radius 1 is 0.949 bits per heavy atom. The van der Waals surface area contributed by atoms with Crippen LogP contribution in [-0.4, -0.2) is 91.8 Å². The minimum atomic E-state index is 0.430. The van der Waals surface area contributed by atoms with E-state index in [4.69, 9.17) is 9.98 Å². The maximum atomic E-state index is 5.22. The van der Waals surface area contributed by atoms with Gasteiger partial charge in [-0.25, -0.2) is 0 Å². The van der Waals surface area contributed by atoms with Crippen molar-refractivity contribution in [2.24, 2.45) is 15.9 Å². The third kappa shape index (κ3) is 6.29. The largest absolute Gasteiger partial charge is 0.331 e. The van der Waals surface area contributed by atoms with Gasteiger partial charge in [-0.1, -0.05) is 62.2 Å². The third-order valence-corrected chi connectivity index (χ3v) is 9.30. The molecule has 1 saturated heterocycles. The zero-order valence-corrected chi connectivity index (χ0v) is 24.0. The lowest BCUT2D eigenvalue weighted by molar-refractivity contribution is 0.139. The highest BCUT2D eigenvalue weighted by Crippen LogP contribution is 2.37. The van der Waals surface area contributed by atoms with Gasteiger partial charge in [-0.15, -0.1) is 0 Å². The Labute approximate surface area is 235 Å². The van der Waals surface area contributed by atoms with E-state index in [1.807, 2.05) is 0 Å². The van der Waals surface area contributed by atoms with Gasteiger partial charge >= 0.3 is 0 Å². The van der Waals surface area contributed by atoms with Crippen molar-refractivity contribution >= 4 is 11.7 Å². The second-order valence-electron chi connectivity index (χ2n) is 12.1. The van der Waals surface area contributed by atoms with Gasteiger partial charge in [0.05, 0.1) is 12.6 Å². The zero-order chi connectivity index (χ0) is 26.6. The van der Waals surface area contributed by atoms with E-state index >= 15 is 0 Å². The van der Waals surface area contributed by atoms with Gasteiger partial charge in [0.2, 0.25) is 0 Å². The van der Waals surface area contributed by atoms with E-state index in [-0.39, 0.29) is 0 Å². The number of aliphatic imine (C=N–C) groups is 2. The highest BCUT2D eigenvalue weighted by Gasteiger charge is 2.34. The van der Waals surface area contributed by atoms with Crippen molar-refractivity contribution in [2.75, 3.05) is 59.4 Å². The molecule has 2 fully saturated rings. The van der Waals surface area contributed by atoms with E-state index < -0.39 is 0 Å². The Morgan fingerprint density at radius 3 is 2.56 bits per heavy atom. The van der Waals surface area contributed by atoms with Gasteiger partial charge in [0.15, 0.2) is 0 Å². The molecule has 0 amide bonds. The summed E-state index contributed by atoms with van der Waals surface area (Å²) in [4.78, 5) is 17.9. The van der Waals surface area contributed by atoms with Crippen molar-refractivity contribution < 1.29 is 0 Å². The van der Waals surface area contributed by atoms with Crippen LogP contribution >= 0.6 is 0 Å². The molecular weight excluding hydrogens is 480 g/mol. The first-order valence-electron chi connectivity index (χ1n) is 15.4. The second-order valence-corrected chi connectivity index (χ2v) is 12.1. The van der Waals surface area contributed by atoms with Crippen molar-refractivity contribution in [1.82, 2.24) is 20.0 Å². The summed E-state index contributed by atoms with van der Waals surface area (Å²) in [6.07, 6.45) is 7.26. The van der Waals surface area contributed by atoms with Crippen LogP contribution in [0.3, 0.4) is 0 Å². The van der Waals surface area contributed by atoms with Gasteiger partial charge in [-0.3, -0.25) is 19.8 Å². The third-order valence-electron chi connectivity index (χ3n) is 9.30. The minimum absolute atomic E-state index is 0.430. The monoisotopic (exact) mass is 526 g/mol. The van der Waals surface area contributed by atoms with Gasteiger partial charge in [-0.05, 0) is 73.6 Å². The van der Waals surface area contributed by atoms with Crippen molar-refractivity contribution in [1.29, 1.82) is 0 Å². The second kappa shape index (κ2) is 12.3. The van der Waals surface area contributed by atoms with Crippen LogP contribution in [0.1, 0.15) is 55.7 Å². The summed E-state index contributed by atoms with van der Waals surface area (Å²) in [5, 5.41) is 3.72. The number of nitrogens with one attached hydrogen (secondary N) is 1. The Hall–Kier alpha value is -2.54. The molecule has 2 heterocycles. The van der Waals surface area contributed by atoms with Crippen molar-refractivity contribution in [3.05, 3.63) is 59.2 Å². The van der Waals surface area contributed by atoms with Gasteiger partial charge in [0.25, 0.3) is 0 Å². The standard InChI is InChI=1S/C33H46N6/c1-3-37(2)16-8-15-34-33-30-11-6-7-12-31(30)35-32(36-33)24-39-19-17-38(18-20-39)23-25-13-14-29-27(21-25)22-26-9-4-5-10-28(26)29/h4-5,9-10,13-14,21,30-31H,3,6-8,11-12,15-20,22-24H2,1-2H3,(H,34,35,36). The number of fused-ring (bicyclic) bond motifs is 4. The summed E-state index contributed by atoms with van der Waals surface area (Å²) in [7, 11) is 2.19. The van der Waals surface area contributed by atoms with Crippen LogP contribution in [0.2, 0.25) is 0 Å². The molecule has 0 radical (unpaired) electrons. The Morgan fingerprint density at radius 2 is 1.72 bits per heavy atom. The molecule has 4 aliphatic rings. The van der Waals surface area contributed by atoms with Crippen LogP contribution in [0.5, 0.6) is 0 Å². The Balaban J connectivity index is 1.01. The fourth-order valence-electron chi connectivity index (χ4n) is 6.87. The van der Waals surface area contributed by atoms with E-state index in [9.17, 15) is 0 Å². The number of hydrogen-bond acceptors (Lipinski definition) is 5. The lowest BCUT2D eigenvalue weighted by Crippen LogP contribution is -2.53. The molecule has 2 aromatic rings. The van der Waals surface area contributed by atoms with E-state index in [0.29, 0.717) is 12.0 Å². The molecule has 39 heavy (non-hydrogen) atoms. The summed E-state index contributed by atoms with van der Waals surface area (Å²) in [5.74, 6) is 2.87. The number of rotatable bonds is 9. The predicted molar refractivity (Wildman–Crippen MR) is 163 cm³/mol. The van der Waals surface area contributed by atoms with Gasteiger partial charge < -0.3 is 10.2 Å². The minimum Gasteiger partial charge on any atom is -0.331 e. The molecule has 0 spiro atoms. The van der Waals surface area contributed by atoms with Crippen LogP contribution < -0.4 is 5.32 Å². The van der Waals surface area contributed by atoms with Crippen LogP contribution in [0.15, 0.2) is 52.4 Å². The summed E-state index contributed by atoms with van der Waals surface area (Å²) in [6.45, 7) is 11.7. The molecule has 2 unspecified atom stereocenters. The Bertz CT molecular complexity index is 1190. The number of hydrogen-bond donors (Lipinski definition) is 1. The molecule has 6 heteroatoms. The molecule has 1 saturated carbocycles. The molecule has 0 aromatic heterocycles. The van der Waals surface area contributed by atoms with E-state index in [2.05, 4.69) is 76.5 Å².